The third kappa shape index (κ3) is 3.08. The molecule has 1 aliphatic carbocycles. The summed E-state index contributed by atoms with van der Waals surface area (Å²) >= 11 is 0. The van der Waals surface area contributed by atoms with E-state index in [2.05, 4.69) is 29.6 Å². The second kappa shape index (κ2) is 7.52. The van der Waals surface area contributed by atoms with Gasteiger partial charge < -0.3 is 15.2 Å². The van der Waals surface area contributed by atoms with Crippen LogP contribution in [0.5, 0.6) is 0 Å². The minimum Gasteiger partial charge on any atom is -0.479 e. The van der Waals surface area contributed by atoms with Crippen molar-refractivity contribution in [2.45, 2.75) is 24.8 Å². The third-order valence-electron chi connectivity index (χ3n) is 6.53. The number of rotatable bonds is 4. The quantitative estimate of drug-likeness (QED) is 0.832. The minimum absolute atomic E-state index is 0.0500. The molecule has 0 saturated carbocycles. The maximum absolute atomic E-state index is 12.9. The van der Waals surface area contributed by atoms with Gasteiger partial charge in [0.15, 0.2) is 0 Å². The highest BCUT2D eigenvalue weighted by atomic mass is 16.6. The number of carbonyl (C=O) groups is 2. The lowest BCUT2D eigenvalue weighted by atomic mass is 9.78. The largest absolute Gasteiger partial charge is 0.479 e. The second-order valence-electron chi connectivity index (χ2n) is 7.95. The highest BCUT2D eigenvalue weighted by Crippen LogP contribution is 2.44. The third-order valence-corrected chi connectivity index (χ3v) is 6.53. The molecular weight excluding hydrogens is 368 g/mol. The van der Waals surface area contributed by atoms with Gasteiger partial charge in [-0.15, -0.1) is 0 Å². The molecule has 1 heterocycles. The Morgan fingerprint density at radius 1 is 1.14 bits per heavy atom. The van der Waals surface area contributed by atoms with Crippen molar-refractivity contribution in [2.24, 2.45) is 5.92 Å². The number of likely N-dealkylation sites (N-methyl/N-ethyl adjacent to an activating group) is 1. The van der Waals surface area contributed by atoms with E-state index in [0.717, 1.165) is 22.3 Å². The van der Waals surface area contributed by atoms with Crippen LogP contribution < -0.4 is 5.32 Å². The summed E-state index contributed by atoms with van der Waals surface area (Å²) in [6, 6.07) is 16.3. The monoisotopic (exact) mass is 394 g/mol. The van der Waals surface area contributed by atoms with Crippen molar-refractivity contribution >= 4 is 12.1 Å². The molecule has 4 rings (SSSR count). The number of hydrogen-bond donors (Lipinski definition) is 2. The number of ether oxygens (including phenoxy) is 1. The van der Waals surface area contributed by atoms with Gasteiger partial charge in [-0.1, -0.05) is 55.5 Å². The number of hydrogen-bond acceptors (Lipinski definition) is 4. The summed E-state index contributed by atoms with van der Waals surface area (Å²) in [5, 5.41) is 13.1. The van der Waals surface area contributed by atoms with Crippen LogP contribution in [0.2, 0.25) is 0 Å². The number of nitrogens with zero attached hydrogens (tertiary/aromatic N) is 1. The number of amides is 1. The van der Waals surface area contributed by atoms with Gasteiger partial charge in [-0.3, -0.25) is 4.90 Å². The fraction of sp³-hybridized carbons (Fsp3) is 0.391. The van der Waals surface area contributed by atoms with Crippen molar-refractivity contribution in [1.82, 2.24) is 10.2 Å². The fourth-order valence-corrected chi connectivity index (χ4v) is 4.83. The van der Waals surface area contributed by atoms with Crippen molar-refractivity contribution in [3.8, 4) is 11.1 Å². The molecule has 2 aliphatic rings. The van der Waals surface area contributed by atoms with Gasteiger partial charge in [-0.2, -0.15) is 0 Å². The maximum Gasteiger partial charge on any atom is 0.410 e. The number of nitrogens with one attached hydrogen (secondary N) is 1. The molecule has 2 N–H and O–H groups in total. The SMILES string of the molecule is CC1CNCCC1(C(=O)O)N(C)C(=O)OCC1c2ccccc2-c2ccccc21. The van der Waals surface area contributed by atoms with E-state index in [4.69, 9.17) is 4.74 Å². The van der Waals surface area contributed by atoms with Crippen LogP contribution in [0.15, 0.2) is 48.5 Å². The van der Waals surface area contributed by atoms with Gasteiger partial charge in [0.1, 0.15) is 12.1 Å². The Balaban J connectivity index is 1.55. The number of piperidine rings is 1. The molecule has 0 spiro atoms. The van der Waals surface area contributed by atoms with E-state index >= 15 is 0 Å². The van der Waals surface area contributed by atoms with Crippen LogP contribution in [0.25, 0.3) is 11.1 Å². The summed E-state index contributed by atoms with van der Waals surface area (Å²) in [7, 11) is 1.54. The predicted octanol–water partition coefficient (Wildman–Crippen LogP) is 3.32. The first-order chi connectivity index (χ1) is 14.0. The van der Waals surface area contributed by atoms with Gasteiger partial charge in [0.2, 0.25) is 0 Å². The lowest BCUT2D eigenvalue weighted by Gasteiger charge is -2.44. The van der Waals surface area contributed by atoms with Gasteiger partial charge in [0, 0.05) is 25.4 Å². The lowest BCUT2D eigenvalue weighted by Crippen LogP contribution is -2.64. The summed E-state index contributed by atoms with van der Waals surface area (Å²) < 4.78 is 5.68. The Morgan fingerprint density at radius 2 is 1.72 bits per heavy atom. The number of carbonyl (C=O) groups excluding carboxylic acids is 1. The molecule has 2 atom stereocenters. The van der Waals surface area contributed by atoms with Crippen LogP contribution in [0, 0.1) is 5.92 Å². The molecule has 2 aromatic rings. The van der Waals surface area contributed by atoms with E-state index < -0.39 is 17.6 Å². The summed E-state index contributed by atoms with van der Waals surface area (Å²) in [6.07, 6.45) is -0.243. The van der Waals surface area contributed by atoms with Crippen molar-refractivity contribution in [2.75, 3.05) is 26.7 Å². The van der Waals surface area contributed by atoms with Crippen molar-refractivity contribution < 1.29 is 19.4 Å². The van der Waals surface area contributed by atoms with Crippen LogP contribution >= 0.6 is 0 Å². The average molecular weight is 394 g/mol. The van der Waals surface area contributed by atoms with Gasteiger partial charge >= 0.3 is 12.1 Å². The molecule has 2 unspecified atom stereocenters. The molecule has 6 nitrogen and oxygen atoms in total. The number of fused-ring (bicyclic) bond motifs is 3. The van der Waals surface area contributed by atoms with Crippen molar-refractivity contribution in [3.05, 3.63) is 59.7 Å². The highest BCUT2D eigenvalue weighted by Gasteiger charge is 2.51. The summed E-state index contributed by atoms with van der Waals surface area (Å²) in [4.78, 5) is 26.3. The van der Waals surface area contributed by atoms with Crippen molar-refractivity contribution in [1.29, 1.82) is 0 Å². The molecule has 2 aromatic carbocycles. The van der Waals surface area contributed by atoms with Crippen LogP contribution in [-0.4, -0.2) is 54.4 Å². The van der Waals surface area contributed by atoms with Crippen LogP contribution in [0.1, 0.15) is 30.4 Å². The first kappa shape index (κ1) is 19.5. The first-order valence-corrected chi connectivity index (χ1v) is 9.99. The summed E-state index contributed by atoms with van der Waals surface area (Å²) in [5.41, 5.74) is 3.33. The first-order valence-electron chi connectivity index (χ1n) is 9.99. The summed E-state index contributed by atoms with van der Waals surface area (Å²) in [6.45, 7) is 3.14. The molecule has 1 amide bonds. The van der Waals surface area contributed by atoms with E-state index in [1.54, 1.807) is 0 Å². The molecule has 0 radical (unpaired) electrons. The zero-order chi connectivity index (χ0) is 20.6. The summed E-state index contributed by atoms with van der Waals surface area (Å²) in [5.74, 6) is -1.26. The molecule has 29 heavy (non-hydrogen) atoms. The number of carboxylic acid groups (broad SMARTS) is 1. The van der Waals surface area contributed by atoms with Crippen LogP contribution in [0.4, 0.5) is 4.79 Å². The van der Waals surface area contributed by atoms with E-state index in [0.29, 0.717) is 19.5 Å². The Labute approximate surface area is 170 Å². The lowest BCUT2D eigenvalue weighted by molar-refractivity contribution is -0.155. The smallest absolute Gasteiger partial charge is 0.410 e. The maximum atomic E-state index is 12.9. The molecule has 1 fully saturated rings. The molecule has 6 heteroatoms. The normalized spacial score (nSPS) is 23.2. The molecule has 1 aliphatic heterocycles. The number of carboxylic acids is 1. The van der Waals surface area contributed by atoms with E-state index in [1.807, 2.05) is 31.2 Å². The number of aliphatic carboxylic acids is 1. The Morgan fingerprint density at radius 3 is 2.28 bits per heavy atom. The standard InChI is InChI=1S/C23H26N2O4/c1-15-13-24-12-11-23(15,21(26)27)25(2)22(28)29-14-20-18-9-5-3-7-16(18)17-8-4-6-10-19(17)20/h3-10,15,20,24H,11-14H2,1-2H3,(H,26,27). The Bertz CT molecular complexity index is 898. The molecule has 152 valence electrons. The second-order valence-corrected chi connectivity index (χ2v) is 7.95. The molecule has 0 bridgehead atoms. The fourth-order valence-electron chi connectivity index (χ4n) is 4.83. The number of benzene rings is 2. The average Bonchev–Trinajstić information content (AvgIpc) is 3.05. The van der Waals surface area contributed by atoms with Gasteiger partial charge in [-0.25, -0.2) is 9.59 Å². The zero-order valence-electron chi connectivity index (χ0n) is 16.7. The minimum atomic E-state index is -1.26. The Hall–Kier alpha value is -2.86. The van der Waals surface area contributed by atoms with E-state index in [9.17, 15) is 14.7 Å². The molecular formula is C23H26N2O4. The zero-order valence-corrected chi connectivity index (χ0v) is 16.7. The Kier molecular flexibility index (Phi) is 5.04. The van der Waals surface area contributed by atoms with Crippen LogP contribution in [-0.2, 0) is 9.53 Å². The van der Waals surface area contributed by atoms with Crippen molar-refractivity contribution in [3.63, 3.8) is 0 Å². The van der Waals surface area contributed by atoms with E-state index in [1.165, 1.54) is 11.9 Å². The highest BCUT2D eigenvalue weighted by molar-refractivity contribution is 5.85. The molecule has 1 saturated heterocycles. The van der Waals surface area contributed by atoms with Gasteiger partial charge in [0.25, 0.3) is 0 Å². The van der Waals surface area contributed by atoms with Gasteiger partial charge in [0.05, 0.1) is 0 Å². The van der Waals surface area contributed by atoms with E-state index in [-0.39, 0.29) is 18.4 Å². The predicted molar refractivity (Wildman–Crippen MR) is 110 cm³/mol. The van der Waals surface area contributed by atoms with Crippen LogP contribution in [0.3, 0.4) is 0 Å². The van der Waals surface area contributed by atoms with Gasteiger partial charge in [-0.05, 0) is 35.2 Å². The molecule has 0 aromatic heterocycles. The topological polar surface area (TPSA) is 78.9 Å².